The van der Waals surface area contributed by atoms with Gasteiger partial charge >= 0.3 is 0 Å². The van der Waals surface area contributed by atoms with E-state index in [0.717, 1.165) is 5.56 Å². The van der Waals surface area contributed by atoms with Crippen LogP contribution in [0, 0.1) is 6.92 Å². The number of fused-ring (bicyclic) bond motifs is 1. The molecule has 2 heterocycles. The zero-order valence-electron chi connectivity index (χ0n) is 17.1. The van der Waals surface area contributed by atoms with Crippen LogP contribution in [0.15, 0.2) is 59.9 Å². The number of nitrogens with one attached hydrogen (secondary N) is 1. The molecule has 0 bridgehead atoms. The average molecular weight is 433 g/mol. The van der Waals surface area contributed by atoms with Gasteiger partial charge in [-0.1, -0.05) is 46.8 Å². The Balaban J connectivity index is 1.42. The number of hydrogen-bond donors (Lipinski definition) is 1. The number of rotatable bonds is 7. The summed E-state index contributed by atoms with van der Waals surface area (Å²) in [4.78, 5) is 32.3. The monoisotopic (exact) mass is 432 g/mol. The van der Waals surface area contributed by atoms with E-state index < -0.39 is 0 Å². The van der Waals surface area contributed by atoms with E-state index in [1.165, 1.54) is 30.6 Å². The number of anilines is 1. The third-order valence-electron chi connectivity index (χ3n) is 4.63. The summed E-state index contributed by atoms with van der Waals surface area (Å²) in [7, 11) is 0. The van der Waals surface area contributed by atoms with Gasteiger partial charge in [-0.25, -0.2) is 14.6 Å². The van der Waals surface area contributed by atoms with Crippen LogP contribution in [0.5, 0.6) is 0 Å². The van der Waals surface area contributed by atoms with Crippen LogP contribution in [0.1, 0.15) is 28.4 Å². The molecule has 0 fully saturated rings. The molecule has 4 aromatic rings. The molecule has 0 aliphatic rings. The first-order chi connectivity index (χ1) is 15.0. The van der Waals surface area contributed by atoms with Crippen molar-refractivity contribution in [1.82, 2.24) is 25.0 Å². The van der Waals surface area contributed by atoms with E-state index >= 15 is 0 Å². The standard InChI is InChI=1S/C22H20N6O2S/c1-14-3-5-16(6-4-14)11-28-21-20(26-27-28)22(24-13-23-21)31-12-19(30)25-18-9-7-17(8-10-18)15(2)29/h3-10,13H,11-12H2,1-2H3,(H,25,30). The number of amides is 1. The highest BCUT2D eigenvalue weighted by Gasteiger charge is 2.14. The number of ketones is 1. The molecule has 0 saturated heterocycles. The van der Waals surface area contributed by atoms with Crippen molar-refractivity contribution in [2.45, 2.75) is 25.4 Å². The predicted octanol–water partition coefficient (Wildman–Crippen LogP) is 3.51. The van der Waals surface area contributed by atoms with Gasteiger partial charge in [0.25, 0.3) is 0 Å². The number of carbonyl (C=O) groups is 2. The Bertz CT molecular complexity index is 1240. The number of Topliss-reactive ketones (excluding diaryl/α,β-unsaturated/α-hetero) is 1. The van der Waals surface area contributed by atoms with Crippen LogP contribution in [-0.2, 0) is 11.3 Å². The van der Waals surface area contributed by atoms with Gasteiger partial charge in [-0.2, -0.15) is 0 Å². The molecular formula is C22H20N6O2S. The largest absolute Gasteiger partial charge is 0.325 e. The SMILES string of the molecule is CC(=O)c1ccc(NC(=O)CSc2ncnc3c2nnn3Cc2ccc(C)cc2)cc1. The molecular weight excluding hydrogens is 412 g/mol. The van der Waals surface area contributed by atoms with Crippen LogP contribution in [0.2, 0.25) is 0 Å². The minimum Gasteiger partial charge on any atom is -0.325 e. The first-order valence-electron chi connectivity index (χ1n) is 9.63. The molecule has 1 N–H and O–H groups in total. The molecule has 0 aliphatic heterocycles. The Kier molecular flexibility index (Phi) is 6.03. The van der Waals surface area contributed by atoms with Gasteiger partial charge in [0.2, 0.25) is 5.91 Å². The summed E-state index contributed by atoms with van der Waals surface area (Å²) in [6.07, 6.45) is 1.46. The summed E-state index contributed by atoms with van der Waals surface area (Å²) in [5, 5.41) is 11.9. The van der Waals surface area contributed by atoms with Gasteiger partial charge in [-0.3, -0.25) is 9.59 Å². The highest BCUT2D eigenvalue weighted by molar-refractivity contribution is 8.00. The van der Waals surface area contributed by atoms with Crippen molar-refractivity contribution >= 4 is 40.3 Å². The molecule has 2 aromatic carbocycles. The summed E-state index contributed by atoms with van der Waals surface area (Å²) >= 11 is 1.27. The molecule has 0 unspecified atom stereocenters. The van der Waals surface area contributed by atoms with Gasteiger partial charge in [0, 0.05) is 11.3 Å². The van der Waals surface area contributed by atoms with Crippen molar-refractivity contribution < 1.29 is 9.59 Å². The van der Waals surface area contributed by atoms with Crippen molar-refractivity contribution in [3.05, 3.63) is 71.5 Å². The molecule has 4 rings (SSSR count). The first kappa shape index (κ1) is 20.7. The lowest BCUT2D eigenvalue weighted by Gasteiger charge is -2.06. The Morgan fingerprint density at radius 1 is 1.03 bits per heavy atom. The van der Waals surface area contributed by atoms with E-state index in [4.69, 9.17) is 0 Å². The summed E-state index contributed by atoms with van der Waals surface area (Å²) in [5.74, 6) is -0.0400. The number of thioether (sulfide) groups is 1. The second-order valence-corrected chi connectivity index (χ2v) is 8.02. The minimum atomic E-state index is -0.181. The van der Waals surface area contributed by atoms with Crippen molar-refractivity contribution in [2.75, 3.05) is 11.1 Å². The smallest absolute Gasteiger partial charge is 0.234 e. The Morgan fingerprint density at radius 2 is 1.77 bits per heavy atom. The number of nitrogens with zero attached hydrogens (tertiary/aromatic N) is 5. The summed E-state index contributed by atoms with van der Waals surface area (Å²) < 4.78 is 1.72. The summed E-state index contributed by atoms with van der Waals surface area (Å²) in [5.41, 5.74) is 4.72. The van der Waals surface area contributed by atoms with Gasteiger partial charge in [-0.15, -0.1) is 5.10 Å². The number of aromatic nitrogens is 5. The third kappa shape index (κ3) is 4.95. The quantitative estimate of drug-likeness (QED) is 0.271. The van der Waals surface area contributed by atoms with Gasteiger partial charge < -0.3 is 5.32 Å². The summed E-state index contributed by atoms with van der Waals surface area (Å²) in [6.45, 7) is 4.10. The number of benzene rings is 2. The topological polar surface area (TPSA) is 103 Å². The molecule has 0 aliphatic carbocycles. The maximum atomic E-state index is 12.3. The number of aryl methyl sites for hydroxylation is 1. The maximum absolute atomic E-state index is 12.3. The van der Waals surface area contributed by atoms with Crippen LogP contribution in [0.4, 0.5) is 5.69 Å². The minimum absolute atomic E-state index is 0.0170. The van der Waals surface area contributed by atoms with E-state index in [9.17, 15) is 9.59 Å². The van der Waals surface area contributed by atoms with Crippen molar-refractivity contribution in [3.8, 4) is 0 Å². The zero-order valence-corrected chi connectivity index (χ0v) is 17.9. The fourth-order valence-electron chi connectivity index (χ4n) is 2.97. The zero-order chi connectivity index (χ0) is 21.8. The predicted molar refractivity (Wildman–Crippen MR) is 119 cm³/mol. The Labute approximate surface area is 183 Å². The normalized spacial score (nSPS) is 10.9. The number of hydrogen-bond acceptors (Lipinski definition) is 7. The van der Waals surface area contributed by atoms with E-state index in [1.54, 1.807) is 28.9 Å². The second-order valence-electron chi connectivity index (χ2n) is 7.05. The molecule has 0 radical (unpaired) electrons. The van der Waals surface area contributed by atoms with Crippen molar-refractivity contribution in [1.29, 1.82) is 0 Å². The lowest BCUT2D eigenvalue weighted by molar-refractivity contribution is -0.113. The molecule has 0 atom stereocenters. The second kappa shape index (κ2) is 9.05. The molecule has 9 heteroatoms. The fraction of sp³-hybridized carbons (Fsp3) is 0.182. The molecule has 1 amide bonds. The molecule has 31 heavy (non-hydrogen) atoms. The third-order valence-corrected chi connectivity index (χ3v) is 5.61. The van der Waals surface area contributed by atoms with Crippen LogP contribution in [-0.4, -0.2) is 42.4 Å². The van der Waals surface area contributed by atoms with Gasteiger partial charge in [0.15, 0.2) is 16.9 Å². The lowest BCUT2D eigenvalue weighted by Crippen LogP contribution is -2.14. The van der Waals surface area contributed by atoms with Crippen molar-refractivity contribution in [3.63, 3.8) is 0 Å². The van der Waals surface area contributed by atoms with Crippen LogP contribution in [0.25, 0.3) is 11.2 Å². The van der Waals surface area contributed by atoms with Crippen molar-refractivity contribution in [2.24, 2.45) is 0 Å². The van der Waals surface area contributed by atoms with E-state index in [1.807, 2.05) is 19.1 Å². The molecule has 2 aromatic heterocycles. The van der Waals surface area contributed by atoms with E-state index in [0.29, 0.717) is 34.0 Å². The number of carbonyl (C=O) groups excluding carboxylic acids is 2. The highest BCUT2D eigenvalue weighted by Crippen LogP contribution is 2.23. The molecule has 8 nitrogen and oxygen atoms in total. The van der Waals surface area contributed by atoms with Crippen LogP contribution < -0.4 is 5.32 Å². The average Bonchev–Trinajstić information content (AvgIpc) is 3.17. The molecule has 156 valence electrons. The highest BCUT2D eigenvalue weighted by atomic mass is 32.2. The Morgan fingerprint density at radius 3 is 2.48 bits per heavy atom. The van der Waals surface area contributed by atoms with Gasteiger partial charge in [0.1, 0.15) is 11.4 Å². The van der Waals surface area contributed by atoms with Gasteiger partial charge in [0.05, 0.1) is 12.3 Å². The lowest BCUT2D eigenvalue weighted by atomic mass is 10.1. The fourth-order valence-corrected chi connectivity index (χ4v) is 3.70. The first-order valence-corrected chi connectivity index (χ1v) is 10.6. The Hall–Kier alpha value is -3.59. The maximum Gasteiger partial charge on any atom is 0.234 e. The van der Waals surface area contributed by atoms with Crippen LogP contribution in [0.3, 0.4) is 0 Å². The van der Waals surface area contributed by atoms with Gasteiger partial charge in [-0.05, 0) is 43.7 Å². The van der Waals surface area contributed by atoms with Crippen LogP contribution >= 0.6 is 11.8 Å². The summed E-state index contributed by atoms with van der Waals surface area (Å²) in [6, 6.07) is 15.0. The van der Waals surface area contributed by atoms with E-state index in [2.05, 4.69) is 37.7 Å². The molecule has 0 saturated carbocycles. The van der Waals surface area contributed by atoms with E-state index in [-0.39, 0.29) is 17.4 Å². The molecule has 0 spiro atoms.